The highest BCUT2D eigenvalue weighted by atomic mass is 35.5. The Hall–Kier alpha value is -2.44. The molecule has 0 saturated carbocycles. The van der Waals surface area contributed by atoms with Gasteiger partial charge in [0.2, 0.25) is 5.28 Å². The Labute approximate surface area is 166 Å². The fraction of sp³-hybridized carbons (Fsp3) is 0.211. The smallest absolute Gasteiger partial charge is 0.222 e. The van der Waals surface area contributed by atoms with Crippen molar-refractivity contribution < 1.29 is 4.39 Å². The van der Waals surface area contributed by atoms with Gasteiger partial charge in [-0.2, -0.15) is 0 Å². The lowest BCUT2D eigenvalue weighted by atomic mass is 10.1. The van der Waals surface area contributed by atoms with Gasteiger partial charge in [0.05, 0.1) is 16.4 Å². The summed E-state index contributed by atoms with van der Waals surface area (Å²) in [5.41, 5.74) is 3.08. The molecule has 0 saturated heterocycles. The van der Waals surface area contributed by atoms with Crippen molar-refractivity contribution in [3.63, 3.8) is 0 Å². The summed E-state index contributed by atoms with van der Waals surface area (Å²) in [5, 5.41) is 0.299. The number of hydrogen-bond acceptors (Lipinski definition) is 4. The van der Waals surface area contributed by atoms with Crippen molar-refractivity contribution in [2.75, 3.05) is 0 Å². The zero-order valence-electron chi connectivity index (χ0n) is 14.5. The molecular weight excluding hydrogens is 388 g/mol. The molecule has 0 bridgehead atoms. The third-order valence-electron chi connectivity index (χ3n) is 4.60. The number of aromatic nitrogens is 4. The van der Waals surface area contributed by atoms with Gasteiger partial charge < -0.3 is 9.47 Å². The van der Waals surface area contributed by atoms with Crippen LogP contribution in [-0.2, 0) is 13.1 Å². The molecule has 138 valence electrons. The summed E-state index contributed by atoms with van der Waals surface area (Å²) >= 11 is 11.8. The van der Waals surface area contributed by atoms with Crippen molar-refractivity contribution in [2.45, 2.75) is 26.1 Å². The standard InChI is InChI=1S/C19H16Cl2FN5/c1-11-8-26-10-17(16-5-6-23-19(21)25-16)24-18(26)12(2)27(11)9-13-3-4-15(22)14(20)7-13/h3-7,10-11H,2,8-9H2,1H3/t11-/m0/s1. The van der Waals surface area contributed by atoms with E-state index in [4.69, 9.17) is 23.2 Å². The van der Waals surface area contributed by atoms with Gasteiger partial charge in [-0.25, -0.2) is 19.3 Å². The van der Waals surface area contributed by atoms with Gasteiger partial charge in [0.1, 0.15) is 11.5 Å². The van der Waals surface area contributed by atoms with Gasteiger partial charge in [-0.05, 0) is 42.3 Å². The first-order chi connectivity index (χ1) is 12.9. The van der Waals surface area contributed by atoms with E-state index in [1.807, 2.05) is 6.20 Å². The number of imidazole rings is 1. The first-order valence-corrected chi connectivity index (χ1v) is 9.14. The molecule has 1 aromatic carbocycles. The van der Waals surface area contributed by atoms with Crippen molar-refractivity contribution in [1.29, 1.82) is 0 Å². The molecule has 0 N–H and O–H groups in total. The number of fused-ring (bicyclic) bond motifs is 1. The minimum atomic E-state index is -0.422. The molecule has 4 rings (SSSR count). The second kappa shape index (κ2) is 6.94. The van der Waals surface area contributed by atoms with Crippen LogP contribution in [0.2, 0.25) is 10.3 Å². The maximum atomic E-state index is 13.4. The first kappa shape index (κ1) is 17.9. The lowest BCUT2D eigenvalue weighted by molar-refractivity contribution is 0.253. The van der Waals surface area contributed by atoms with E-state index in [0.29, 0.717) is 17.9 Å². The summed E-state index contributed by atoms with van der Waals surface area (Å²) in [7, 11) is 0. The Morgan fingerprint density at radius 2 is 2.04 bits per heavy atom. The summed E-state index contributed by atoms with van der Waals surface area (Å²) in [6.07, 6.45) is 3.55. The Morgan fingerprint density at radius 1 is 1.22 bits per heavy atom. The maximum Gasteiger partial charge on any atom is 0.222 e. The lowest BCUT2D eigenvalue weighted by Crippen LogP contribution is -2.39. The molecule has 0 radical (unpaired) electrons. The number of benzene rings is 1. The van der Waals surface area contributed by atoms with E-state index in [-0.39, 0.29) is 16.3 Å². The van der Waals surface area contributed by atoms with Crippen LogP contribution in [0.4, 0.5) is 4.39 Å². The van der Waals surface area contributed by atoms with Gasteiger partial charge in [-0.15, -0.1) is 0 Å². The van der Waals surface area contributed by atoms with Crippen LogP contribution in [0.3, 0.4) is 0 Å². The summed E-state index contributed by atoms with van der Waals surface area (Å²) in [4.78, 5) is 15.0. The third kappa shape index (κ3) is 3.42. The van der Waals surface area contributed by atoms with Crippen LogP contribution < -0.4 is 0 Å². The molecule has 1 aliphatic rings. The quantitative estimate of drug-likeness (QED) is 0.596. The minimum Gasteiger partial charge on any atom is -0.360 e. The second-order valence-electron chi connectivity index (χ2n) is 6.49. The van der Waals surface area contributed by atoms with Gasteiger partial charge in [0, 0.05) is 31.5 Å². The van der Waals surface area contributed by atoms with E-state index < -0.39 is 5.82 Å². The Balaban J connectivity index is 1.64. The minimum absolute atomic E-state index is 0.118. The van der Waals surface area contributed by atoms with Crippen molar-refractivity contribution in [3.05, 3.63) is 70.7 Å². The molecule has 0 fully saturated rings. The van der Waals surface area contributed by atoms with Crippen LogP contribution in [0.25, 0.3) is 17.1 Å². The normalized spacial score (nSPS) is 16.5. The largest absolute Gasteiger partial charge is 0.360 e. The molecule has 2 aromatic heterocycles. The Kier molecular flexibility index (Phi) is 4.61. The van der Waals surface area contributed by atoms with Crippen molar-refractivity contribution >= 4 is 28.9 Å². The van der Waals surface area contributed by atoms with Gasteiger partial charge >= 0.3 is 0 Å². The van der Waals surface area contributed by atoms with Crippen LogP contribution in [-0.4, -0.2) is 30.5 Å². The van der Waals surface area contributed by atoms with Crippen LogP contribution in [0.5, 0.6) is 0 Å². The molecule has 8 heteroatoms. The fourth-order valence-corrected chi connectivity index (χ4v) is 3.60. The topological polar surface area (TPSA) is 46.8 Å². The molecule has 1 aliphatic heterocycles. The predicted molar refractivity (Wildman–Crippen MR) is 104 cm³/mol. The molecule has 5 nitrogen and oxygen atoms in total. The lowest BCUT2D eigenvalue weighted by Gasteiger charge is -2.37. The summed E-state index contributed by atoms with van der Waals surface area (Å²) in [6, 6.07) is 6.71. The van der Waals surface area contributed by atoms with Gasteiger partial charge in [-0.1, -0.05) is 24.2 Å². The average molecular weight is 404 g/mol. The summed E-state index contributed by atoms with van der Waals surface area (Å²) in [5.74, 6) is 0.348. The van der Waals surface area contributed by atoms with Gasteiger partial charge in [-0.3, -0.25) is 0 Å². The fourth-order valence-electron chi connectivity index (χ4n) is 3.25. The van der Waals surface area contributed by atoms with E-state index >= 15 is 0 Å². The van der Waals surface area contributed by atoms with Gasteiger partial charge in [0.15, 0.2) is 5.82 Å². The van der Waals surface area contributed by atoms with Crippen LogP contribution in [0, 0.1) is 5.82 Å². The molecule has 0 spiro atoms. The summed E-state index contributed by atoms with van der Waals surface area (Å²) in [6.45, 7) is 7.65. The van der Waals surface area contributed by atoms with E-state index in [1.165, 1.54) is 6.07 Å². The van der Waals surface area contributed by atoms with Gasteiger partial charge in [0.25, 0.3) is 0 Å². The molecule has 3 heterocycles. The van der Waals surface area contributed by atoms with Crippen LogP contribution >= 0.6 is 23.2 Å². The molecule has 3 aromatic rings. The van der Waals surface area contributed by atoms with Crippen molar-refractivity contribution in [2.24, 2.45) is 0 Å². The zero-order chi connectivity index (χ0) is 19.1. The van der Waals surface area contributed by atoms with E-state index in [0.717, 1.165) is 23.6 Å². The number of hydrogen-bond donors (Lipinski definition) is 0. The molecule has 1 atom stereocenters. The highest BCUT2D eigenvalue weighted by molar-refractivity contribution is 6.30. The number of rotatable bonds is 3. The highest BCUT2D eigenvalue weighted by Crippen LogP contribution is 2.31. The third-order valence-corrected chi connectivity index (χ3v) is 5.07. The molecular formula is C19H16Cl2FN5. The second-order valence-corrected chi connectivity index (χ2v) is 7.23. The van der Waals surface area contributed by atoms with Crippen LogP contribution in [0.15, 0.2) is 43.2 Å². The first-order valence-electron chi connectivity index (χ1n) is 8.38. The number of halogens is 3. The maximum absolute atomic E-state index is 13.4. The average Bonchev–Trinajstić information content (AvgIpc) is 3.06. The monoisotopic (exact) mass is 403 g/mol. The highest BCUT2D eigenvalue weighted by Gasteiger charge is 2.28. The van der Waals surface area contributed by atoms with Crippen molar-refractivity contribution in [3.8, 4) is 11.4 Å². The predicted octanol–water partition coefficient (Wildman–Crippen LogP) is 4.66. The SMILES string of the molecule is C=C1c2nc(-c3ccnc(Cl)n3)cn2C[C@H](C)N1Cc1ccc(F)c(Cl)c1. The summed E-state index contributed by atoms with van der Waals surface area (Å²) < 4.78 is 15.5. The number of nitrogens with zero attached hydrogens (tertiary/aromatic N) is 5. The molecule has 0 unspecified atom stereocenters. The molecule has 0 aliphatic carbocycles. The van der Waals surface area contributed by atoms with E-state index in [9.17, 15) is 4.39 Å². The zero-order valence-corrected chi connectivity index (χ0v) is 16.0. The van der Waals surface area contributed by atoms with E-state index in [1.54, 1.807) is 24.4 Å². The molecule has 27 heavy (non-hydrogen) atoms. The molecule has 0 amide bonds. The Bertz CT molecular complexity index is 1030. The van der Waals surface area contributed by atoms with Crippen LogP contribution in [0.1, 0.15) is 18.3 Å². The van der Waals surface area contributed by atoms with Crippen molar-refractivity contribution in [1.82, 2.24) is 24.4 Å². The van der Waals surface area contributed by atoms with E-state index in [2.05, 4.69) is 37.9 Å². The Morgan fingerprint density at radius 3 is 2.78 bits per heavy atom.